The zero-order valence-electron chi connectivity index (χ0n) is 18.1. The van der Waals surface area contributed by atoms with Gasteiger partial charge in [-0.05, 0) is 43.2 Å². The van der Waals surface area contributed by atoms with Crippen molar-refractivity contribution in [2.75, 3.05) is 0 Å². The van der Waals surface area contributed by atoms with E-state index in [2.05, 4.69) is 23.9 Å². The van der Waals surface area contributed by atoms with E-state index in [-0.39, 0.29) is 11.3 Å². The molecule has 0 saturated carbocycles. The van der Waals surface area contributed by atoms with Gasteiger partial charge in [-0.2, -0.15) is 4.52 Å². The van der Waals surface area contributed by atoms with Gasteiger partial charge in [0.25, 0.3) is 0 Å². The summed E-state index contributed by atoms with van der Waals surface area (Å²) in [5.41, 5.74) is 2.90. The molecule has 5 aromatic rings. The second kappa shape index (κ2) is 7.48. The van der Waals surface area contributed by atoms with Crippen LogP contribution in [0.4, 0.5) is 0 Å². The SMILES string of the molecule is CC1(C)Cc2c(sc3c2c2nc(-c4ccncc4)nn2c(=O)n3Cc2ccccc2Cl)CO1. The van der Waals surface area contributed by atoms with Gasteiger partial charge in [-0.1, -0.05) is 29.8 Å². The number of pyridine rings is 1. The Morgan fingerprint density at radius 2 is 1.97 bits per heavy atom. The molecule has 0 radical (unpaired) electrons. The first-order valence-electron chi connectivity index (χ1n) is 10.6. The van der Waals surface area contributed by atoms with Crippen LogP contribution < -0.4 is 5.69 Å². The molecule has 0 saturated heterocycles. The highest BCUT2D eigenvalue weighted by molar-refractivity contribution is 7.19. The molecule has 0 atom stereocenters. The van der Waals surface area contributed by atoms with Crippen molar-refractivity contribution in [1.82, 2.24) is 24.1 Å². The van der Waals surface area contributed by atoms with Gasteiger partial charge in [-0.25, -0.2) is 9.78 Å². The normalized spacial score (nSPS) is 15.2. The molecule has 4 aromatic heterocycles. The number of nitrogens with zero attached hydrogens (tertiary/aromatic N) is 5. The Morgan fingerprint density at radius 3 is 2.76 bits per heavy atom. The molecule has 1 aliphatic heterocycles. The monoisotopic (exact) mass is 477 g/mol. The van der Waals surface area contributed by atoms with E-state index in [4.69, 9.17) is 21.3 Å². The number of halogens is 1. The maximum absolute atomic E-state index is 13.7. The third-order valence-electron chi connectivity index (χ3n) is 5.98. The van der Waals surface area contributed by atoms with Crippen molar-refractivity contribution < 1.29 is 4.74 Å². The zero-order valence-corrected chi connectivity index (χ0v) is 19.7. The summed E-state index contributed by atoms with van der Waals surface area (Å²) in [7, 11) is 0. The highest BCUT2D eigenvalue weighted by Gasteiger charge is 2.32. The van der Waals surface area contributed by atoms with Gasteiger partial charge < -0.3 is 4.74 Å². The van der Waals surface area contributed by atoms with Crippen LogP contribution in [0.25, 0.3) is 27.3 Å². The summed E-state index contributed by atoms with van der Waals surface area (Å²) in [6.45, 7) is 5.03. The molecule has 0 bridgehead atoms. The van der Waals surface area contributed by atoms with Crippen molar-refractivity contribution in [3.63, 3.8) is 0 Å². The van der Waals surface area contributed by atoms with Crippen LogP contribution in [0, 0.1) is 0 Å². The summed E-state index contributed by atoms with van der Waals surface area (Å²) in [5.74, 6) is 0.498. The van der Waals surface area contributed by atoms with Crippen LogP contribution in [0.3, 0.4) is 0 Å². The van der Waals surface area contributed by atoms with Gasteiger partial charge >= 0.3 is 5.69 Å². The van der Waals surface area contributed by atoms with Crippen molar-refractivity contribution in [2.45, 2.75) is 39.0 Å². The molecular weight excluding hydrogens is 458 g/mol. The Bertz CT molecular complexity index is 1590. The lowest BCUT2D eigenvalue weighted by Crippen LogP contribution is -2.31. The quantitative estimate of drug-likeness (QED) is 0.376. The van der Waals surface area contributed by atoms with Gasteiger partial charge in [0.15, 0.2) is 11.5 Å². The maximum atomic E-state index is 13.7. The van der Waals surface area contributed by atoms with Crippen molar-refractivity contribution in [1.29, 1.82) is 0 Å². The summed E-state index contributed by atoms with van der Waals surface area (Å²) in [5, 5.41) is 6.20. The van der Waals surface area contributed by atoms with Crippen LogP contribution in [0.2, 0.25) is 5.02 Å². The highest BCUT2D eigenvalue weighted by Crippen LogP contribution is 2.40. The molecule has 166 valence electrons. The number of ether oxygens (including phenoxy) is 1. The minimum atomic E-state index is -0.296. The molecule has 1 aromatic carbocycles. The maximum Gasteiger partial charge on any atom is 0.352 e. The standard InChI is InChI=1S/C24H20ClN5O2S/c1-24(2)11-16-18(13-32-24)33-22-19(16)21-27-20(14-7-9-26-10-8-14)28-30(21)23(31)29(22)12-15-5-3-4-6-17(15)25/h3-10H,11-13H2,1-2H3. The molecule has 33 heavy (non-hydrogen) atoms. The van der Waals surface area contributed by atoms with E-state index in [9.17, 15) is 4.79 Å². The number of thiophene rings is 1. The molecule has 0 aliphatic carbocycles. The molecule has 6 rings (SSSR count). The van der Waals surface area contributed by atoms with Crippen LogP contribution in [0.1, 0.15) is 29.9 Å². The van der Waals surface area contributed by atoms with Crippen molar-refractivity contribution in [3.05, 3.63) is 80.3 Å². The molecule has 0 fully saturated rings. The number of fused-ring (bicyclic) bond motifs is 5. The van der Waals surface area contributed by atoms with Gasteiger partial charge in [-0.3, -0.25) is 9.55 Å². The van der Waals surface area contributed by atoms with Gasteiger partial charge in [0.2, 0.25) is 0 Å². The smallest absolute Gasteiger partial charge is 0.352 e. The van der Waals surface area contributed by atoms with Gasteiger partial charge in [-0.15, -0.1) is 16.4 Å². The molecule has 0 unspecified atom stereocenters. The lowest BCUT2D eigenvalue weighted by molar-refractivity contribution is -0.0379. The van der Waals surface area contributed by atoms with E-state index in [0.29, 0.717) is 29.6 Å². The molecule has 0 amide bonds. The van der Waals surface area contributed by atoms with E-state index in [0.717, 1.165) is 32.6 Å². The van der Waals surface area contributed by atoms with E-state index >= 15 is 0 Å². The third-order valence-corrected chi connectivity index (χ3v) is 7.58. The predicted octanol–water partition coefficient (Wildman–Crippen LogP) is 4.72. The van der Waals surface area contributed by atoms with Crippen LogP contribution in [-0.4, -0.2) is 29.8 Å². The first-order chi connectivity index (χ1) is 15.9. The van der Waals surface area contributed by atoms with E-state index in [1.807, 2.05) is 36.4 Å². The largest absolute Gasteiger partial charge is 0.370 e. The molecule has 0 N–H and O–H groups in total. The average Bonchev–Trinajstić information content (AvgIpc) is 3.39. The zero-order chi connectivity index (χ0) is 22.7. The molecule has 7 nitrogen and oxygen atoms in total. The van der Waals surface area contributed by atoms with Crippen LogP contribution in [0.15, 0.2) is 53.6 Å². The minimum absolute atomic E-state index is 0.246. The van der Waals surface area contributed by atoms with E-state index in [1.165, 1.54) is 10.1 Å². The topological polar surface area (TPSA) is 74.3 Å². The Hall–Kier alpha value is -3.07. The fourth-order valence-corrected chi connectivity index (χ4v) is 5.74. The third kappa shape index (κ3) is 3.37. The Labute approximate surface area is 198 Å². The van der Waals surface area contributed by atoms with Crippen LogP contribution in [-0.2, 0) is 24.3 Å². The summed E-state index contributed by atoms with van der Waals surface area (Å²) in [6.07, 6.45) is 4.12. The van der Waals surface area contributed by atoms with Crippen LogP contribution in [0.5, 0.6) is 0 Å². The highest BCUT2D eigenvalue weighted by atomic mass is 35.5. The Balaban J connectivity index is 1.67. The van der Waals surface area contributed by atoms with E-state index < -0.39 is 0 Å². The minimum Gasteiger partial charge on any atom is -0.370 e. The summed E-state index contributed by atoms with van der Waals surface area (Å²) in [6, 6.07) is 11.3. The predicted molar refractivity (Wildman–Crippen MR) is 129 cm³/mol. The van der Waals surface area contributed by atoms with Crippen molar-refractivity contribution in [3.8, 4) is 11.4 Å². The number of benzene rings is 1. The van der Waals surface area contributed by atoms with Crippen molar-refractivity contribution >= 4 is 38.8 Å². The first kappa shape index (κ1) is 20.5. The van der Waals surface area contributed by atoms with E-state index in [1.54, 1.807) is 28.3 Å². The Kier molecular flexibility index (Phi) is 4.65. The fraction of sp³-hybridized carbons (Fsp3) is 0.250. The number of aromatic nitrogens is 5. The average molecular weight is 478 g/mol. The summed E-state index contributed by atoms with van der Waals surface area (Å²) >= 11 is 8.04. The molecule has 5 heterocycles. The van der Waals surface area contributed by atoms with Gasteiger partial charge in [0, 0.05) is 34.3 Å². The lowest BCUT2D eigenvalue weighted by atomic mass is 9.94. The molecule has 9 heteroatoms. The van der Waals surface area contributed by atoms with Crippen molar-refractivity contribution in [2.24, 2.45) is 0 Å². The second-order valence-electron chi connectivity index (χ2n) is 8.78. The number of hydrogen-bond acceptors (Lipinski definition) is 6. The first-order valence-corrected chi connectivity index (χ1v) is 11.8. The molecular formula is C24H20ClN5O2S. The fourth-order valence-electron chi connectivity index (χ4n) is 4.33. The van der Waals surface area contributed by atoms with Crippen LogP contribution >= 0.6 is 22.9 Å². The summed E-state index contributed by atoms with van der Waals surface area (Å²) in [4.78, 5) is 24.6. The second-order valence-corrected chi connectivity index (χ2v) is 10.3. The Morgan fingerprint density at radius 1 is 1.18 bits per heavy atom. The molecule has 1 aliphatic rings. The number of hydrogen-bond donors (Lipinski definition) is 0. The van der Waals surface area contributed by atoms with Gasteiger partial charge in [0.05, 0.1) is 24.1 Å². The lowest BCUT2D eigenvalue weighted by Gasteiger charge is -2.30. The summed E-state index contributed by atoms with van der Waals surface area (Å²) < 4.78 is 9.24. The molecule has 0 spiro atoms. The van der Waals surface area contributed by atoms with Gasteiger partial charge in [0.1, 0.15) is 4.83 Å². The number of rotatable bonds is 3.